The highest BCUT2D eigenvalue weighted by atomic mass is 16.2. The van der Waals surface area contributed by atoms with Crippen molar-refractivity contribution in [3.05, 3.63) is 0 Å². The van der Waals surface area contributed by atoms with Gasteiger partial charge in [-0.05, 0) is 20.8 Å². The van der Waals surface area contributed by atoms with Crippen LogP contribution in [0.25, 0.3) is 0 Å². The number of carbonyl (C=O) groups is 2. The molecular weight excluding hydrogens is 154 g/mol. The van der Waals surface area contributed by atoms with Crippen molar-refractivity contribution in [3.8, 4) is 0 Å². The fraction of sp³-hybridized carbons (Fsp3) is 0.778. The zero-order chi connectivity index (χ0) is 9.35. The number of nitrogens with zero attached hydrogens (tertiary/aromatic N) is 1. The normalized spacial score (nSPS) is 20.1. The van der Waals surface area contributed by atoms with E-state index in [2.05, 4.69) is 0 Å². The van der Waals surface area contributed by atoms with Crippen LogP contribution in [0.5, 0.6) is 0 Å². The first-order valence-electron chi connectivity index (χ1n) is 4.23. The molecule has 0 N–H and O–H groups in total. The Morgan fingerprint density at radius 1 is 1.25 bits per heavy atom. The lowest BCUT2D eigenvalue weighted by molar-refractivity contribution is -0.143. The summed E-state index contributed by atoms with van der Waals surface area (Å²) >= 11 is 0. The number of rotatable bonds is 0. The Balaban J connectivity index is 2.69. The molecule has 0 aromatic rings. The fourth-order valence-electron chi connectivity index (χ4n) is 1.42. The summed E-state index contributed by atoms with van der Waals surface area (Å²) in [5, 5.41) is 0. The van der Waals surface area contributed by atoms with Crippen molar-refractivity contribution >= 4 is 11.7 Å². The second-order valence-corrected chi connectivity index (χ2v) is 4.18. The van der Waals surface area contributed by atoms with Crippen molar-refractivity contribution in [1.82, 2.24) is 4.90 Å². The van der Waals surface area contributed by atoms with Crippen LogP contribution in [0.1, 0.15) is 33.6 Å². The number of hydrogen-bond donors (Lipinski definition) is 0. The SMILES string of the molecule is CC(C)(C)N1CCC(=O)CC1=O. The standard InChI is InChI=1S/C9H15NO2/c1-9(2,3)10-5-4-7(11)6-8(10)12/h4-6H2,1-3H3. The smallest absolute Gasteiger partial charge is 0.230 e. The van der Waals surface area contributed by atoms with Gasteiger partial charge in [-0.1, -0.05) is 0 Å². The van der Waals surface area contributed by atoms with E-state index in [0.29, 0.717) is 13.0 Å². The molecule has 0 unspecified atom stereocenters. The number of hydrogen-bond acceptors (Lipinski definition) is 2. The number of piperidine rings is 1. The molecule has 0 aromatic carbocycles. The summed E-state index contributed by atoms with van der Waals surface area (Å²) in [5.74, 6) is 0.0410. The summed E-state index contributed by atoms with van der Waals surface area (Å²) < 4.78 is 0. The van der Waals surface area contributed by atoms with E-state index in [1.165, 1.54) is 0 Å². The van der Waals surface area contributed by atoms with Crippen molar-refractivity contribution < 1.29 is 9.59 Å². The highest BCUT2D eigenvalue weighted by Gasteiger charge is 2.31. The van der Waals surface area contributed by atoms with Gasteiger partial charge in [0, 0.05) is 18.5 Å². The molecule has 1 rings (SSSR count). The first-order chi connectivity index (χ1) is 5.41. The minimum Gasteiger partial charge on any atom is -0.337 e. The lowest BCUT2D eigenvalue weighted by Crippen LogP contribution is -2.49. The quantitative estimate of drug-likeness (QED) is 0.507. The van der Waals surface area contributed by atoms with Gasteiger partial charge in [0.05, 0.1) is 6.42 Å². The van der Waals surface area contributed by atoms with Crippen LogP contribution in [0.2, 0.25) is 0 Å². The van der Waals surface area contributed by atoms with Crippen LogP contribution in [0, 0.1) is 0 Å². The maximum absolute atomic E-state index is 11.4. The van der Waals surface area contributed by atoms with Gasteiger partial charge in [-0.25, -0.2) is 0 Å². The number of amides is 1. The average Bonchev–Trinajstić information content (AvgIpc) is 1.83. The molecule has 12 heavy (non-hydrogen) atoms. The maximum Gasteiger partial charge on any atom is 0.230 e. The molecule has 0 spiro atoms. The molecule has 0 saturated carbocycles. The van der Waals surface area contributed by atoms with E-state index < -0.39 is 0 Å². The van der Waals surface area contributed by atoms with Crippen molar-refractivity contribution in [2.75, 3.05) is 6.54 Å². The summed E-state index contributed by atoms with van der Waals surface area (Å²) in [4.78, 5) is 24.0. The van der Waals surface area contributed by atoms with Gasteiger partial charge in [-0.3, -0.25) is 9.59 Å². The number of likely N-dealkylation sites (tertiary alicyclic amines) is 1. The third-order valence-electron chi connectivity index (χ3n) is 2.07. The van der Waals surface area contributed by atoms with E-state index in [-0.39, 0.29) is 23.7 Å². The first kappa shape index (κ1) is 9.23. The van der Waals surface area contributed by atoms with E-state index in [9.17, 15) is 9.59 Å². The molecule has 1 amide bonds. The van der Waals surface area contributed by atoms with Gasteiger partial charge in [-0.2, -0.15) is 0 Å². The topological polar surface area (TPSA) is 37.4 Å². The van der Waals surface area contributed by atoms with Gasteiger partial charge in [0.25, 0.3) is 0 Å². The Morgan fingerprint density at radius 2 is 1.83 bits per heavy atom. The predicted molar refractivity (Wildman–Crippen MR) is 45.7 cm³/mol. The number of Topliss-reactive ketones (excluding diaryl/α,β-unsaturated/α-hetero) is 1. The lowest BCUT2D eigenvalue weighted by Gasteiger charge is -2.37. The molecule has 0 aliphatic carbocycles. The van der Waals surface area contributed by atoms with Crippen LogP contribution in [0.4, 0.5) is 0 Å². The van der Waals surface area contributed by atoms with Crippen molar-refractivity contribution in [2.24, 2.45) is 0 Å². The molecule has 1 aliphatic rings. The molecule has 1 heterocycles. The molecule has 0 aromatic heterocycles. The number of carbonyl (C=O) groups excluding carboxylic acids is 2. The zero-order valence-corrected chi connectivity index (χ0v) is 7.89. The molecule has 0 atom stereocenters. The summed E-state index contributed by atoms with van der Waals surface area (Å²) in [5.41, 5.74) is -0.141. The van der Waals surface area contributed by atoms with E-state index in [4.69, 9.17) is 0 Å². The molecule has 0 radical (unpaired) electrons. The van der Waals surface area contributed by atoms with E-state index in [0.717, 1.165) is 0 Å². The third-order valence-corrected chi connectivity index (χ3v) is 2.07. The average molecular weight is 169 g/mol. The van der Waals surface area contributed by atoms with Gasteiger partial charge in [0.2, 0.25) is 5.91 Å². The zero-order valence-electron chi connectivity index (χ0n) is 7.89. The lowest BCUT2D eigenvalue weighted by atomic mass is 10.00. The molecule has 1 fully saturated rings. The largest absolute Gasteiger partial charge is 0.337 e. The molecular formula is C9H15NO2. The molecule has 68 valence electrons. The molecule has 1 saturated heterocycles. The van der Waals surface area contributed by atoms with E-state index >= 15 is 0 Å². The summed E-state index contributed by atoms with van der Waals surface area (Å²) in [6.07, 6.45) is 0.611. The van der Waals surface area contributed by atoms with Gasteiger partial charge in [0.15, 0.2) is 0 Å². The van der Waals surface area contributed by atoms with Gasteiger partial charge >= 0.3 is 0 Å². The van der Waals surface area contributed by atoms with Gasteiger partial charge in [-0.15, -0.1) is 0 Å². The van der Waals surface area contributed by atoms with Gasteiger partial charge < -0.3 is 4.90 Å². The second kappa shape index (κ2) is 2.88. The first-order valence-corrected chi connectivity index (χ1v) is 4.23. The van der Waals surface area contributed by atoms with Crippen LogP contribution in [0.15, 0.2) is 0 Å². The molecule has 3 heteroatoms. The van der Waals surface area contributed by atoms with Crippen LogP contribution in [-0.2, 0) is 9.59 Å². The minimum atomic E-state index is -0.141. The van der Waals surface area contributed by atoms with Crippen molar-refractivity contribution in [3.63, 3.8) is 0 Å². The predicted octanol–water partition coefficient (Wildman–Crippen LogP) is 0.976. The van der Waals surface area contributed by atoms with Crippen LogP contribution < -0.4 is 0 Å². The summed E-state index contributed by atoms with van der Waals surface area (Å²) in [7, 11) is 0. The Hall–Kier alpha value is -0.860. The molecule has 0 bridgehead atoms. The highest BCUT2D eigenvalue weighted by Crippen LogP contribution is 2.18. The summed E-state index contributed by atoms with van der Waals surface area (Å²) in [6.45, 7) is 6.54. The Labute approximate surface area is 72.7 Å². The Kier molecular flexibility index (Phi) is 2.22. The summed E-state index contributed by atoms with van der Waals surface area (Å²) in [6, 6.07) is 0. The van der Waals surface area contributed by atoms with Crippen molar-refractivity contribution in [1.29, 1.82) is 0 Å². The third kappa shape index (κ3) is 1.84. The number of ketones is 1. The van der Waals surface area contributed by atoms with Crippen LogP contribution in [-0.4, -0.2) is 28.7 Å². The monoisotopic (exact) mass is 169 g/mol. The Bertz CT molecular complexity index is 215. The minimum absolute atomic E-state index is 0.0289. The highest BCUT2D eigenvalue weighted by molar-refractivity contribution is 6.00. The van der Waals surface area contributed by atoms with E-state index in [1.807, 2.05) is 20.8 Å². The fourth-order valence-corrected chi connectivity index (χ4v) is 1.42. The van der Waals surface area contributed by atoms with E-state index in [1.54, 1.807) is 4.90 Å². The Morgan fingerprint density at radius 3 is 2.25 bits per heavy atom. The van der Waals surface area contributed by atoms with Crippen molar-refractivity contribution in [2.45, 2.75) is 39.2 Å². The second-order valence-electron chi connectivity index (χ2n) is 4.18. The maximum atomic E-state index is 11.4. The van der Waals surface area contributed by atoms with Crippen LogP contribution in [0.3, 0.4) is 0 Å². The molecule has 1 aliphatic heterocycles. The van der Waals surface area contributed by atoms with Crippen LogP contribution >= 0.6 is 0 Å². The molecule has 3 nitrogen and oxygen atoms in total. The van der Waals surface area contributed by atoms with Gasteiger partial charge in [0.1, 0.15) is 5.78 Å².